The number of carbonyl (C=O) groups excluding carboxylic acids is 2. The summed E-state index contributed by atoms with van der Waals surface area (Å²) < 4.78 is 0. The smallest absolute Gasteiger partial charge is 0.230 e. The largest absolute Gasteiger partial charge is 0.395 e. The van der Waals surface area contributed by atoms with Gasteiger partial charge in [-0.2, -0.15) is 0 Å². The minimum atomic E-state index is -0.627. The summed E-state index contributed by atoms with van der Waals surface area (Å²) >= 11 is 0. The fraction of sp³-hybridized carbons (Fsp3) is 0.840. The molecule has 6 heteroatoms. The number of hydrogen-bond acceptors (Lipinski definition) is 4. The third kappa shape index (κ3) is 17.9. The van der Waals surface area contributed by atoms with Crippen LogP contribution in [0.5, 0.6) is 0 Å². The Bertz CT molecular complexity index is 462. The lowest BCUT2D eigenvalue weighted by Crippen LogP contribution is -2.40. The minimum Gasteiger partial charge on any atom is -0.395 e. The molecule has 0 saturated carbocycles. The van der Waals surface area contributed by atoms with Crippen LogP contribution in [0.15, 0.2) is 12.2 Å². The van der Waals surface area contributed by atoms with Gasteiger partial charge in [-0.3, -0.25) is 9.59 Å². The maximum atomic E-state index is 12.6. The van der Waals surface area contributed by atoms with Gasteiger partial charge in [0, 0.05) is 19.5 Å². The van der Waals surface area contributed by atoms with Crippen LogP contribution in [0.2, 0.25) is 0 Å². The molecule has 0 aromatic heterocycles. The zero-order chi connectivity index (χ0) is 23.2. The van der Waals surface area contributed by atoms with E-state index < -0.39 is 11.8 Å². The third-order valence-corrected chi connectivity index (χ3v) is 5.63. The van der Waals surface area contributed by atoms with Crippen molar-refractivity contribution in [2.75, 3.05) is 26.3 Å². The van der Waals surface area contributed by atoms with E-state index in [4.69, 9.17) is 15.9 Å². The van der Waals surface area contributed by atoms with E-state index >= 15 is 0 Å². The second kappa shape index (κ2) is 21.8. The first kappa shape index (κ1) is 29.6. The van der Waals surface area contributed by atoms with Crippen molar-refractivity contribution in [3.63, 3.8) is 0 Å². The lowest BCUT2D eigenvalue weighted by atomic mass is 10.0. The van der Waals surface area contributed by atoms with Crippen molar-refractivity contribution in [2.24, 2.45) is 11.7 Å². The van der Waals surface area contributed by atoms with Crippen molar-refractivity contribution in [3.8, 4) is 0 Å². The van der Waals surface area contributed by atoms with Gasteiger partial charge in [0.05, 0.1) is 19.1 Å². The van der Waals surface area contributed by atoms with E-state index in [0.717, 1.165) is 12.8 Å². The Morgan fingerprint density at radius 2 is 1.26 bits per heavy atom. The molecule has 0 aliphatic heterocycles. The van der Waals surface area contributed by atoms with Gasteiger partial charge in [0.15, 0.2) is 0 Å². The SMILES string of the molecule is CCCCCCCCCCCCCCCC=CC(CC(N)=O)C(=O)N(CCO)CCO. The van der Waals surface area contributed by atoms with Crippen LogP contribution in [0.25, 0.3) is 0 Å². The van der Waals surface area contributed by atoms with Crippen LogP contribution in [0.4, 0.5) is 0 Å². The maximum Gasteiger partial charge on any atom is 0.230 e. The van der Waals surface area contributed by atoms with Gasteiger partial charge in [0.2, 0.25) is 11.8 Å². The number of allylic oxidation sites excluding steroid dienone is 1. The Labute approximate surface area is 190 Å². The van der Waals surface area contributed by atoms with Crippen LogP contribution in [0.3, 0.4) is 0 Å². The van der Waals surface area contributed by atoms with Gasteiger partial charge in [0.1, 0.15) is 0 Å². The summed E-state index contributed by atoms with van der Waals surface area (Å²) in [5.41, 5.74) is 5.29. The van der Waals surface area contributed by atoms with E-state index in [1.165, 1.54) is 81.9 Å². The van der Waals surface area contributed by atoms with Crippen molar-refractivity contribution >= 4 is 11.8 Å². The summed E-state index contributed by atoms with van der Waals surface area (Å²) in [5, 5.41) is 18.2. The van der Waals surface area contributed by atoms with Crippen molar-refractivity contribution in [2.45, 2.75) is 103 Å². The summed E-state index contributed by atoms with van der Waals surface area (Å²) in [4.78, 5) is 25.3. The summed E-state index contributed by atoms with van der Waals surface area (Å²) in [7, 11) is 0. The predicted molar refractivity (Wildman–Crippen MR) is 128 cm³/mol. The molecule has 0 saturated heterocycles. The number of aliphatic hydroxyl groups is 2. The van der Waals surface area contributed by atoms with Gasteiger partial charge >= 0.3 is 0 Å². The number of carbonyl (C=O) groups is 2. The van der Waals surface area contributed by atoms with E-state index in [1.54, 1.807) is 6.08 Å². The Morgan fingerprint density at radius 3 is 1.68 bits per heavy atom. The van der Waals surface area contributed by atoms with Gasteiger partial charge in [-0.1, -0.05) is 96.1 Å². The molecular formula is C25H48N2O4. The normalized spacial score (nSPS) is 12.4. The van der Waals surface area contributed by atoms with Gasteiger partial charge in [0.25, 0.3) is 0 Å². The molecular weight excluding hydrogens is 392 g/mol. The van der Waals surface area contributed by atoms with Crippen LogP contribution in [0.1, 0.15) is 103 Å². The molecule has 31 heavy (non-hydrogen) atoms. The molecule has 1 unspecified atom stereocenters. The van der Waals surface area contributed by atoms with E-state index in [9.17, 15) is 9.59 Å². The van der Waals surface area contributed by atoms with Crippen molar-refractivity contribution in [1.82, 2.24) is 4.90 Å². The molecule has 1 atom stereocenters. The highest BCUT2D eigenvalue weighted by Gasteiger charge is 2.23. The van der Waals surface area contributed by atoms with Crippen LogP contribution in [-0.4, -0.2) is 53.2 Å². The summed E-state index contributed by atoms with van der Waals surface area (Å²) in [6.45, 7) is 2.17. The number of amides is 2. The Morgan fingerprint density at radius 1 is 0.806 bits per heavy atom. The van der Waals surface area contributed by atoms with E-state index in [-0.39, 0.29) is 38.6 Å². The quantitative estimate of drug-likeness (QED) is 0.172. The van der Waals surface area contributed by atoms with Crippen molar-refractivity contribution in [3.05, 3.63) is 12.2 Å². The van der Waals surface area contributed by atoms with Crippen LogP contribution >= 0.6 is 0 Å². The molecule has 2 amide bonds. The lowest BCUT2D eigenvalue weighted by molar-refractivity contribution is -0.137. The fourth-order valence-electron chi connectivity index (χ4n) is 3.80. The fourth-order valence-corrected chi connectivity index (χ4v) is 3.80. The number of hydrogen-bond donors (Lipinski definition) is 3. The van der Waals surface area contributed by atoms with Crippen molar-refractivity contribution in [1.29, 1.82) is 0 Å². The molecule has 0 aliphatic carbocycles. The molecule has 0 rings (SSSR count). The molecule has 0 fully saturated rings. The predicted octanol–water partition coefficient (Wildman–Crippen LogP) is 4.33. The number of primary amides is 1. The second-order valence-corrected chi connectivity index (χ2v) is 8.51. The maximum absolute atomic E-state index is 12.6. The first-order valence-corrected chi connectivity index (χ1v) is 12.5. The molecule has 6 nitrogen and oxygen atoms in total. The highest BCUT2D eigenvalue weighted by atomic mass is 16.3. The minimum absolute atomic E-state index is 0.0543. The van der Waals surface area contributed by atoms with Gasteiger partial charge in [-0.15, -0.1) is 0 Å². The molecule has 0 radical (unpaired) electrons. The van der Waals surface area contributed by atoms with Crippen molar-refractivity contribution < 1.29 is 19.8 Å². The summed E-state index contributed by atoms with van der Waals surface area (Å²) in [6, 6.07) is 0. The summed E-state index contributed by atoms with van der Waals surface area (Å²) in [6.07, 6.45) is 21.6. The Kier molecular flexibility index (Phi) is 20.8. The molecule has 4 N–H and O–H groups in total. The molecule has 182 valence electrons. The molecule has 0 aromatic carbocycles. The average molecular weight is 441 g/mol. The second-order valence-electron chi connectivity index (χ2n) is 8.51. The van der Waals surface area contributed by atoms with Gasteiger partial charge in [-0.05, 0) is 12.8 Å². The molecule has 0 bridgehead atoms. The Balaban J connectivity index is 3.95. The van der Waals surface area contributed by atoms with Gasteiger partial charge < -0.3 is 20.8 Å². The van der Waals surface area contributed by atoms with Crippen LogP contribution in [0, 0.1) is 5.92 Å². The summed E-state index contributed by atoms with van der Waals surface area (Å²) in [5.74, 6) is -1.43. The third-order valence-electron chi connectivity index (χ3n) is 5.63. The lowest BCUT2D eigenvalue weighted by Gasteiger charge is -2.24. The standard InChI is InChI=1S/C25H48N2O4/c1-2-3-4-5-6-7-8-9-10-11-12-13-14-15-16-17-23(22-24(26)30)25(31)27(18-20-28)19-21-29/h16-17,23,28-29H,2-15,18-22H2,1H3,(H2,26,30). The molecule has 0 heterocycles. The van der Waals surface area contributed by atoms with Gasteiger partial charge in [-0.25, -0.2) is 0 Å². The molecule has 0 aromatic rings. The highest BCUT2D eigenvalue weighted by Crippen LogP contribution is 2.14. The van der Waals surface area contributed by atoms with Crippen LogP contribution in [-0.2, 0) is 9.59 Å². The average Bonchev–Trinajstić information content (AvgIpc) is 2.74. The topological polar surface area (TPSA) is 104 Å². The number of aliphatic hydroxyl groups excluding tert-OH is 2. The van der Waals surface area contributed by atoms with E-state index in [0.29, 0.717) is 0 Å². The Hall–Kier alpha value is -1.40. The molecule has 0 spiro atoms. The number of nitrogens with two attached hydrogens (primary N) is 1. The zero-order valence-electron chi connectivity index (χ0n) is 19.9. The highest BCUT2D eigenvalue weighted by molar-refractivity contribution is 5.86. The monoisotopic (exact) mass is 440 g/mol. The molecule has 0 aliphatic rings. The number of rotatable bonds is 22. The van der Waals surface area contributed by atoms with E-state index in [2.05, 4.69) is 6.92 Å². The zero-order valence-corrected chi connectivity index (χ0v) is 19.9. The number of unbranched alkanes of at least 4 members (excludes halogenated alkanes) is 13. The first-order chi connectivity index (χ1) is 15.1. The first-order valence-electron chi connectivity index (χ1n) is 12.5. The van der Waals surface area contributed by atoms with E-state index in [1.807, 2.05) is 6.08 Å². The van der Waals surface area contributed by atoms with Crippen LogP contribution < -0.4 is 5.73 Å². The number of nitrogens with zero attached hydrogens (tertiary/aromatic N) is 1.